The van der Waals surface area contributed by atoms with Crippen molar-refractivity contribution < 1.29 is 0 Å². The zero-order valence-corrected chi connectivity index (χ0v) is 12.3. The Morgan fingerprint density at radius 1 is 1.24 bits per heavy atom. The van der Waals surface area contributed by atoms with E-state index in [9.17, 15) is 0 Å². The second kappa shape index (κ2) is 8.10. The highest BCUT2D eigenvalue weighted by Crippen LogP contribution is 2.20. The number of nitrogens with one attached hydrogen (secondary N) is 1. The quantitative estimate of drug-likeness (QED) is 0.687. The van der Waals surface area contributed by atoms with Crippen molar-refractivity contribution in [2.75, 3.05) is 19.6 Å². The lowest BCUT2D eigenvalue weighted by Crippen LogP contribution is -2.43. The molecule has 0 aromatic carbocycles. The van der Waals surface area contributed by atoms with Crippen molar-refractivity contribution in [2.24, 2.45) is 5.92 Å². The third-order valence-electron chi connectivity index (χ3n) is 3.95. The molecule has 1 fully saturated rings. The third-order valence-corrected chi connectivity index (χ3v) is 3.95. The monoisotopic (exact) mass is 240 g/mol. The molecule has 2 atom stereocenters. The Labute approximate surface area is 108 Å². The molecule has 0 spiro atoms. The molecular formula is C15H32N2. The second-order valence-electron chi connectivity index (χ2n) is 6.17. The molecule has 0 aliphatic carbocycles. The van der Waals surface area contributed by atoms with E-state index in [1.54, 1.807) is 0 Å². The van der Waals surface area contributed by atoms with Crippen LogP contribution in [0.15, 0.2) is 0 Å². The van der Waals surface area contributed by atoms with Crippen LogP contribution in [0.5, 0.6) is 0 Å². The molecule has 1 rings (SSSR count). The van der Waals surface area contributed by atoms with Gasteiger partial charge in [0.2, 0.25) is 0 Å². The normalized spacial score (nSPS) is 24.2. The van der Waals surface area contributed by atoms with Gasteiger partial charge in [-0.15, -0.1) is 0 Å². The van der Waals surface area contributed by atoms with Crippen molar-refractivity contribution in [2.45, 2.75) is 71.9 Å². The average molecular weight is 240 g/mol. The molecule has 0 aromatic heterocycles. The van der Waals surface area contributed by atoms with Gasteiger partial charge in [-0.2, -0.15) is 0 Å². The number of rotatable bonds is 7. The molecule has 2 nitrogen and oxygen atoms in total. The Morgan fingerprint density at radius 2 is 2.00 bits per heavy atom. The van der Waals surface area contributed by atoms with Crippen LogP contribution in [0, 0.1) is 5.92 Å². The Bertz CT molecular complexity index is 191. The molecule has 1 heterocycles. The second-order valence-corrected chi connectivity index (χ2v) is 6.17. The van der Waals surface area contributed by atoms with Crippen molar-refractivity contribution in [3.63, 3.8) is 0 Å². The Kier molecular flexibility index (Phi) is 7.14. The Balaban J connectivity index is 2.09. The van der Waals surface area contributed by atoms with E-state index in [0.29, 0.717) is 0 Å². The SMILES string of the molecule is CC(C)CNCCCC(C)N1CCCCC1C. The van der Waals surface area contributed by atoms with Crippen LogP contribution in [-0.4, -0.2) is 36.6 Å². The summed E-state index contributed by atoms with van der Waals surface area (Å²) in [5, 5.41) is 3.54. The van der Waals surface area contributed by atoms with Gasteiger partial charge in [0.15, 0.2) is 0 Å². The molecule has 1 N–H and O–H groups in total. The van der Waals surface area contributed by atoms with E-state index in [2.05, 4.69) is 37.9 Å². The van der Waals surface area contributed by atoms with E-state index in [1.807, 2.05) is 0 Å². The first-order chi connectivity index (χ1) is 8.11. The largest absolute Gasteiger partial charge is 0.316 e. The smallest absolute Gasteiger partial charge is 0.00702 e. The van der Waals surface area contributed by atoms with Gasteiger partial charge in [0.1, 0.15) is 0 Å². The molecule has 2 unspecified atom stereocenters. The van der Waals surface area contributed by atoms with E-state index in [4.69, 9.17) is 0 Å². The zero-order valence-electron chi connectivity index (χ0n) is 12.3. The molecule has 0 radical (unpaired) electrons. The number of hydrogen-bond acceptors (Lipinski definition) is 2. The first-order valence-corrected chi connectivity index (χ1v) is 7.57. The fourth-order valence-electron chi connectivity index (χ4n) is 2.85. The minimum Gasteiger partial charge on any atom is -0.316 e. The van der Waals surface area contributed by atoms with E-state index in [-0.39, 0.29) is 0 Å². The Morgan fingerprint density at radius 3 is 2.65 bits per heavy atom. The molecule has 0 amide bonds. The lowest BCUT2D eigenvalue weighted by atomic mass is 10.00. The van der Waals surface area contributed by atoms with Gasteiger partial charge in [-0.1, -0.05) is 20.3 Å². The molecular weight excluding hydrogens is 208 g/mol. The summed E-state index contributed by atoms with van der Waals surface area (Å²) in [6.45, 7) is 13.0. The van der Waals surface area contributed by atoms with Crippen molar-refractivity contribution in [1.29, 1.82) is 0 Å². The highest BCUT2D eigenvalue weighted by Gasteiger charge is 2.22. The average Bonchev–Trinajstić information content (AvgIpc) is 2.28. The van der Waals surface area contributed by atoms with Gasteiger partial charge >= 0.3 is 0 Å². The van der Waals surface area contributed by atoms with Crippen molar-refractivity contribution in [3.05, 3.63) is 0 Å². The van der Waals surface area contributed by atoms with Gasteiger partial charge < -0.3 is 5.32 Å². The summed E-state index contributed by atoms with van der Waals surface area (Å²) < 4.78 is 0. The van der Waals surface area contributed by atoms with Crippen LogP contribution in [0.25, 0.3) is 0 Å². The molecule has 0 saturated carbocycles. The molecule has 17 heavy (non-hydrogen) atoms. The fraction of sp³-hybridized carbons (Fsp3) is 1.00. The summed E-state index contributed by atoms with van der Waals surface area (Å²) in [4.78, 5) is 2.71. The summed E-state index contributed by atoms with van der Waals surface area (Å²) in [5.74, 6) is 0.773. The van der Waals surface area contributed by atoms with E-state index in [0.717, 1.165) is 24.5 Å². The van der Waals surface area contributed by atoms with Gasteiger partial charge in [0.05, 0.1) is 0 Å². The number of likely N-dealkylation sites (tertiary alicyclic amines) is 1. The van der Waals surface area contributed by atoms with Crippen LogP contribution >= 0.6 is 0 Å². The summed E-state index contributed by atoms with van der Waals surface area (Å²) in [5.41, 5.74) is 0. The first-order valence-electron chi connectivity index (χ1n) is 7.57. The summed E-state index contributed by atoms with van der Waals surface area (Å²) >= 11 is 0. The van der Waals surface area contributed by atoms with Crippen LogP contribution < -0.4 is 5.32 Å². The van der Waals surface area contributed by atoms with Gasteiger partial charge in [-0.3, -0.25) is 4.90 Å². The van der Waals surface area contributed by atoms with Crippen LogP contribution in [0.3, 0.4) is 0 Å². The molecule has 0 aromatic rings. The molecule has 1 saturated heterocycles. The van der Waals surface area contributed by atoms with Crippen LogP contribution in [0.1, 0.15) is 59.8 Å². The predicted octanol–water partition coefficient (Wildman–Crippen LogP) is 3.28. The maximum Gasteiger partial charge on any atom is 0.00702 e. The number of piperidine rings is 1. The van der Waals surface area contributed by atoms with Gasteiger partial charge in [-0.25, -0.2) is 0 Å². The lowest BCUT2D eigenvalue weighted by Gasteiger charge is -2.38. The van der Waals surface area contributed by atoms with Crippen LogP contribution in [0.4, 0.5) is 0 Å². The zero-order chi connectivity index (χ0) is 12.7. The fourth-order valence-corrected chi connectivity index (χ4v) is 2.85. The van der Waals surface area contributed by atoms with Crippen LogP contribution in [-0.2, 0) is 0 Å². The van der Waals surface area contributed by atoms with E-state index in [1.165, 1.54) is 45.2 Å². The molecule has 2 heteroatoms. The van der Waals surface area contributed by atoms with Gasteiger partial charge in [-0.05, 0) is 65.1 Å². The summed E-state index contributed by atoms with van der Waals surface area (Å²) in [6, 6.07) is 1.58. The molecule has 0 bridgehead atoms. The van der Waals surface area contributed by atoms with Crippen LogP contribution in [0.2, 0.25) is 0 Å². The summed E-state index contributed by atoms with van der Waals surface area (Å²) in [6.07, 6.45) is 6.89. The predicted molar refractivity (Wildman–Crippen MR) is 76.4 cm³/mol. The minimum absolute atomic E-state index is 0.770. The maximum absolute atomic E-state index is 3.54. The molecule has 102 valence electrons. The number of nitrogens with zero attached hydrogens (tertiary/aromatic N) is 1. The molecule has 1 aliphatic heterocycles. The van der Waals surface area contributed by atoms with Crippen molar-refractivity contribution >= 4 is 0 Å². The first kappa shape index (κ1) is 15.0. The number of hydrogen-bond donors (Lipinski definition) is 1. The summed E-state index contributed by atoms with van der Waals surface area (Å²) in [7, 11) is 0. The van der Waals surface area contributed by atoms with Crippen molar-refractivity contribution in [1.82, 2.24) is 10.2 Å². The Hall–Kier alpha value is -0.0800. The van der Waals surface area contributed by atoms with Crippen molar-refractivity contribution in [3.8, 4) is 0 Å². The lowest BCUT2D eigenvalue weighted by molar-refractivity contribution is 0.108. The minimum atomic E-state index is 0.770. The third kappa shape index (κ3) is 5.87. The van der Waals surface area contributed by atoms with Gasteiger partial charge in [0, 0.05) is 12.1 Å². The maximum atomic E-state index is 3.54. The highest BCUT2D eigenvalue weighted by molar-refractivity contribution is 4.78. The van der Waals surface area contributed by atoms with E-state index < -0.39 is 0 Å². The van der Waals surface area contributed by atoms with Gasteiger partial charge in [0.25, 0.3) is 0 Å². The highest BCUT2D eigenvalue weighted by atomic mass is 15.2. The molecule has 1 aliphatic rings. The topological polar surface area (TPSA) is 15.3 Å². The van der Waals surface area contributed by atoms with E-state index >= 15 is 0 Å². The standard InChI is InChI=1S/C15H32N2/c1-13(2)12-16-10-7-9-15(4)17-11-6-5-8-14(17)3/h13-16H,5-12H2,1-4H3.